The Hall–Kier alpha value is -7.01. The first kappa shape index (κ1) is 58.3. The van der Waals surface area contributed by atoms with Gasteiger partial charge in [0.15, 0.2) is 0 Å². The van der Waals surface area contributed by atoms with Gasteiger partial charge in [-0.2, -0.15) is 23.5 Å². The monoisotopic (exact) mass is 1020 g/mol. The van der Waals surface area contributed by atoms with E-state index in [9.17, 15) is 57.8 Å². The molecule has 384 valence electrons. The number of thioether (sulfide) groups is 2. The molecule has 0 saturated heterocycles. The van der Waals surface area contributed by atoms with Crippen LogP contribution in [0.3, 0.4) is 0 Å². The quantitative estimate of drug-likeness (QED) is 0.0537. The molecule has 0 aliphatic heterocycles. The summed E-state index contributed by atoms with van der Waals surface area (Å²) in [5, 5.41) is 30.0. The van der Waals surface area contributed by atoms with Gasteiger partial charge in [-0.3, -0.25) is 58.6 Å². The van der Waals surface area contributed by atoms with Crippen LogP contribution in [0.5, 0.6) is 0 Å². The van der Waals surface area contributed by atoms with Crippen LogP contribution in [-0.2, 0) is 60.1 Å². The third-order valence-electron chi connectivity index (χ3n) is 10.6. The van der Waals surface area contributed by atoms with Crippen molar-refractivity contribution in [3.8, 4) is 0 Å². The third kappa shape index (κ3) is 20.1. The Balaban J connectivity index is 1.91. The number of carbonyl (C=O) groups is 11. The maximum absolute atomic E-state index is 14.3. The highest BCUT2D eigenvalue weighted by atomic mass is 32.2. The van der Waals surface area contributed by atoms with Crippen LogP contribution in [0.2, 0.25) is 0 Å². The number of hydrogen-bond donors (Lipinski definition) is 10. The summed E-state index contributed by atoms with van der Waals surface area (Å²) in [4.78, 5) is 143. The maximum atomic E-state index is 14.3. The number of rotatable bonds is 26. The van der Waals surface area contributed by atoms with Crippen LogP contribution >= 0.6 is 23.5 Å². The highest BCUT2D eigenvalue weighted by Gasteiger charge is 2.34. The summed E-state index contributed by atoms with van der Waals surface area (Å²) >= 11 is 2.69. The van der Waals surface area contributed by atoms with E-state index in [2.05, 4.69) is 31.9 Å². The number of carboxylic acid groups (broad SMARTS) is 1. The van der Waals surface area contributed by atoms with E-state index in [1.54, 1.807) is 43.5 Å². The number of benzene rings is 3. The van der Waals surface area contributed by atoms with Gasteiger partial charge in [-0.15, -0.1) is 0 Å². The second kappa shape index (κ2) is 28.6. The number of fused-ring (bicyclic) bond motifs is 1. The zero-order valence-electron chi connectivity index (χ0n) is 40.6. The van der Waals surface area contributed by atoms with Crippen LogP contribution in [0.25, 0.3) is 10.8 Å². The van der Waals surface area contributed by atoms with Gasteiger partial charge in [-0.25, -0.2) is 4.79 Å². The molecule has 3 aromatic carbocycles. The van der Waals surface area contributed by atoms with Crippen molar-refractivity contribution in [1.29, 1.82) is 0 Å². The zero-order valence-corrected chi connectivity index (χ0v) is 42.2. The SMILES string of the molecule is CSC[C@@H](C)C(=O)N[C@H](C)C(=O)N[C@@H](CC(N)=O)C(=O)N[C@@H](CCC(=O)O)C(=O)N[C@@H](Cc1cccc2ccccc12)C(=O)N[C@H](C)C(=O)N[C@@H](CSCc1cc(C)cc(C)c1)C(=O)NC(=O)NC(C)=O. The van der Waals surface area contributed by atoms with Crippen LogP contribution in [0.1, 0.15) is 69.2 Å². The molecule has 0 bridgehead atoms. The van der Waals surface area contributed by atoms with E-state index in [1.807, 2.05) is 54.8 Å². The molecule has 3 aromatic rings. The van der Waals surface area contributed by atoms with Crippen molar-refractivity contribution in [2.45, 2.75) is 109 Å². The van der Waals surface area contributed by atoms with Crippen molar-refractivity contribution in [2.75, 3.05) is 17.8 Å². The minimum atomic E-state index is -1.68. The van der Waals surface area contributed by atoms with E-state index in [-0.39, 0.29) is 12.2 Å². The Morgan fingerprint density at radius 3 is 1.77 bits per heavy atom. The molecule has 0 saturated carbocycles. The molecule has 0 aliphatic rings. The molecule has 7 atom stereocenters. The number of aliphatic carboxylic acids is 1. The smallest absolute Gasteiger partial charge is 0.328 e. The number of carboxylic acids is 1. The lowest BCUT2D eigenvalue weighted by Crippen LogP contribution is -2.60. The molecular weight excluding hydrogens is 959 g/mol. The van der Waals surface area contributed by atoms with E-state index in [0.717, 1.165) is 29.0 Å². The van der Waals surface area contributed by atoms with Crippen LogP contribution in [-0.4, -0.2) is 124 Å². The van der Waals surface area contributed by atoms with Gasteiger partial charge in [0, 0.05) is 42.9 Å². The van der Waals surface area contributed by atoms with Crippen molar-refractivity contribution in [3.63, 3.8) is 0 Å². The van der Waals surface area contributed by atoms with Gasteiger partial charge in [0.25, 0.3) is 5.91 Å². The lowest BCUT2D eigenvalue weighted by Gasteiger charge is -2.27. The Morgan fingerprint density at radius 1 is 0.620 bits per heavy atom. The predicted octanol–water partition coefficient (Wildman–Crippen LogP) is 0.993. The molecule has 0 radical (unpaired) electrons. The van der Waals surface area contributed by atoms with Crippen molar-refractivity contribution < 1.29 is 57.8 Å². The summed E-state index contributed by atoms with van der Waals surface area (Å²) < 4.78 is 0. The Bertz CT molecular complexity index is 2450. The van der Waals surface area contributed by atoms with Crippen LogP contribution in [0.4, 0.5) is 4.79 Å². The van der Waals surface area contributed by atoms with Gasteiger partial charge in [0.05, 0.1) is 6.42 Å². The summed E-state index contributed by atoms with van der Waals surface area (Å²) in [7, 11) is 0. The Labute approximate surface area is 419 Å². The van der Waals surface area contributed by atoms with Crippen molar-refractivity contribution in [2.24, 2.45) is 11.7 Å². The van der Waals surface area contributed by atoms with Crippen molar-refractivity contribution in [3.05, 3.63) is 82.9 Å². The Kier molecular flexibility index (Phi) is 23.5. The molecule has 0 aromatic heterocycles. The zero-order chi connectivity index (χ0) is 52.9. The molecule has 3 rings (SSSR count). The molecule has 0 unspecified atom stereocenters. The first-order chi connectivity index (χ1) is 33.5. The van der Waals surface area contributed by atoms with Gasteiger partial charge >= 0.3 is 12.0 Å². The van der Waals surface area contributed by atoms with Gasteiger partial charge in [-0.05, 0) is 62.3 Å². The first-order valence-corrected chi connectivity index (χ1v) is 25.1. The highest BCUT2D eigenvalue weighted by molar-refractivity contribution is 7.98. The fourth-order valence-corrected chi connectivity index (χ4v) is 8.77. The largest absolute Gasteiger partial charge is 0.481 e. The number of carbonyl (C=O) groups excluding carboxylic acids is 10. The number of aryl methyl sites for hydroxylation is 2. The Morgan fingerprint density at radius 2 is 1.17 bits per heavy atom. The number of nitrogens with one attached hydrogen (secondary N) is 8. The van der Waals surface area contributed by atoms with Gasteiger partial charge in [0.2, 0.25) is 47.3 Å². The minimum Gasteiger partial charge on any atom is -0.481 e. The first-order valence-electron chi connectivity index (χ1n) is 22.5. The number of urea groups is 1. The van der Waals surface area contributed by atoms with E-state index in [4.69, 9.17) is 5.73 Å². The molecule has 21 nitrogen and oxygen atoms in total. The summed E-state index contributed by atoms with van der Waals surface area (Å²) in [5.74, 6) is -8.91. The summed E-state index contributed by atoms with van der Waals surface area (Å²) in [6, 6.07) is 8.47. The molecule has 23 heteroatoms. The van der Waals surface area contributed by atoms with Crippen molar-refractivity contribution in [1.82, 2.24) is 42.5 Å². The number of nitrogens with two attached hydrogens (primary N) is 1. The highest BCUT2D eigenvalue weighted by Crippen LogP contribution is 2.21. The van der Waals surface area contributed by atoms with Crippen LogP contribution in [0, 0.1) is 19.8 Å². The van der Waals surface area contributed by atoms with Gasteiger partial charge in [0.1, 0.15) is 36.3 Å². The van der Waals surface area contributed by atoms with E-state index in [1.165, 1.54) is 37.4 Å². The second-order valence-electron chi connectivity index (χ2n) is 17.0. The maximum Gasteiger partial charge on any atom is 0.328 e. The third-order valence-corrected chi connectivity index (χ3v) is 12.6. The second-order valence-corrected chi connectivity index (χ2v) is 19.0. The predicted molar refractivity (Wildman–Crippen MR) is 268 cm³/mol. The van der Waals surface area contributed by atoms with Crippen molar-refractivity contribution >= 4 is 99.5 Å². The van der Waals surface area contributed by atoms with Crippen LogP contribution in [0.15, 0.2) is 60.7 Å². The summed E-state index contributed by atoms with van der Waals surface area (Å²) in [6.45, 7) is 9.26. The molecular formula is C48H63N9O12S2. The number of primary amides is 1. The fourth-order valence-electron chi connectivity index (χ4n) is 7.13. The number of imide groups is 2. The van der Waals surface area contributed by atoms with Gasteiger partial charge < -0.3 is 42.7 Å². The molecule has 0 fully saturated rings. The number of amides is 11. The van der Waals surface area contributed by atoms with E-state index in [0.29, 0.717) is 22.5 Å². The van der Waals surface area contributed by atoms with E-state index >= 15 is 0 Å². The number of hydrogen-bond acceptors (Lipinski definition) is 13. The normalized spacial score (nSPS) is 13.8. The standard InChI is InChI=1S/C48H63N9O12S2/c1-25-17-26(2)19-31(18-25)23-71-24-38(47(68)57-48(69)52-30(6)58)56-43(64)29(5)51-45(66)36(20-33-13-10-12-32-11-8-9-14-34(32)33)55-44(65)35(15-16-40(60)61)53-46(67)37(21-39(49)59)54-42(63)28(4)50-41(62)27(3)22-70-7/h8-14,17-19,27-29,35-38H,15-16,20-24H2,1-7H3,(H2,49,59)(H,50,62)(H,51,66)(H,53,67)(H,54,63)(H,55,65)(H,56,64)(H,60,61)(H2,52,57,58,68,69)/t27-,28-,29-,35+,36+,37+,38+/m1/s1. The molecule has 0 heterocycles. The average Bonchev–Trinajstić information content (AvgIpc) is 3.28. The summed E-state index contributed by atoms with van der Waals surface area (Å²) in [5.41, 5.74) is 8.96. The van der Waals surface area contributed by atoms with Gasteiger partial charge in [-0.1, -0.05) is 78.7 Å². The fraction of sp³-hybridized carbons (Fsp3) is 0.438. The molecule has 11 N–H and O–H groups in total. The molecule has 0 spiro atoms. The van der Waals surface area contributed by atoms with E-state index < -0.39 is 127 Å². The minimum absolute atomic E-state index is 0.0427. The lowest BCUT2D eigenvalue weighted by atomic mass is 9.97. The molecule has 71 heavy (non-hydrogen) atoms. The summed E-state index contributed by atoms with van der Waals surface area (Å²) in [6.07, 6.45) is -0.326. The topological polar surface area (TPSA) is 330 Å². The molecule has 0 aliphatic carbocycles. The molecule has 11 amide bonds. The van der Waals surface area contributed by atoms with Crippen LogP contribution < -0.4 is 48.3 Å². The average molecular weight is 1020 g/mol. The lowest BCUT2D eigenvalue weighted by molar-refractivity contribution is -0.139.